The van der Waals surface area contributed by atoms with E-state index in [1.54, 1.807) is 18.9 Å². The molecule has 0 spiro atoms. The third kappa shape index (κ3) is 6.47. The number of methoxy groups -OCH3 is 1. The zero-order chi connectivity index (χ0) is 23.9. The molecule has 0 atom stereocenters. The highest BCUT2D eigenvalue weighted by Crippen LogP contribution is 2.24. The molecule has 0 aliphatic carbocycles. The van der Waals surface area contributed by atoms with Gasteiger partial charge in [-0.2, -0.15) is 0 Å². The van der Waals surface area contributed by atoms with Crippen LogP contribution in [-0.2, 0) is 17.1 Å². The second-order valence-corrected chi connectivity index (χ2v) is 9.88. The highest BCUT2D eigenvalue weighted by molar-refractivity contribution is 7.98. The largest absolute Gasteiger partial charge is 0.378 e. The van der Waals surface area contributed by atoms with Gasteiger partial charge in [0.25, 0.3) is 5.91 Å². The van der Waals surface area contributed by atoms with E-state index < -0.39 is 0 Å². The molecule has 184 valence electrons. The molecule has 0 unspecified atom stereocenters. The summed E-state index contributed by atoms with van der Waals surface area (Å²) >= 11 is 1.62. The zero-order valence-electron chi connectivity index (χ0n) is 20.6. The molecule has 0 saturated carbocycles. The number of anilines is 1. The molecule has 1 aromatic carbocycles. The number of thioether (sulfide) groups is 1. The molecule has 2 aromatic rings. The fourth-order valence-electron chi connectivity index (χ4n) is 4.28. The SMILES string of the molecule is CCN1CCN(c2cc(COC)nc(SCc3ccc(C(=O)N4CCN(C)CC4)cc3)n2)CC1. The number of rotatable bonds is 8. The van der Waals surface area contributed by atoms with E-state index in [1.807, 2.05) is 35.2 Å². The van der Waals surface area contributed by atoms with Crippen molar-refractivity contribution in [3.05, 3.63) is 47.2 Å². The molecule has 34 heavy (non-hydrogen) atoms. The van der Waals surface area contributed by atoms with E-state index in [-0.39, 0.29) is 5.91 Å². The average molecular weight is 485 g/mol. The van der Waals surface area contributed by atoms with E-state index in [4.69, 9.17) is 14.7 Å². The van der Waals surface area contributed by atoms with E-state index in [0.29, 0.717) is 6.61 Å². The van der Waals surface area contributed by atoms with Crippen molar-refractivity contribution in [1.82, 2.24) is 24.7 Å². The number of carbonyl (C=O) groups is 1. The van der Waals surface area contributed by atoms with E-state index >= 15 is 0 Å². The number of benzene rings is 1. The van der Waals surface area contributed by atoms with Crippen molar-refractivity contribution < 1.29 is 9.53 Å². The molecule has 2 aliphatic rings. The van der Waals surface area contributed by atoms with E-state index in [1.165, 1.54) is 0 Å². The van der Waals surface area contributed by atoms with Gasteiger partial charge in [-0.1, -0.05) is 30.8 Å². The minimum absolute atomic E-state index is 0.121. The quantitative estimate of drug-likeness (QED) is 0.418. The Morgan fingerprint density at radius 3 is 2.35 bits per heavy atom. The molecule has 2 aliphatic heterocycles. The maximum atomic E-state index is 12.8. The molecule has 9 heteroatoms. The van der Waals surface area contributed by atoms with Crippen LogP contribution in [0, 0.1) is 0 Å². The number of amides is 1. The Morgan fingerprint density at radius 2 is 1.71 bits per heavy atom. The molecule has 0 radical (unpaired) electrons. The predicted octanol–water partition coefficient (Wildman–Crippen LogP) is 2.44. The number of likely N-dealkylation sites (N-methyl/N-ethyl adjacent to an activating group) is 2. The van der Waals surface area contributed by atoms with Crippen LogP contribution in [-0.4, -0.2) is 104 Å². The Hall–Kier alpha value is -2.20. The third-order valence-electron chi connectivity index (χ3n) is 6.54. The summed E-state index contributed by atoms with van der Waals surface area (Å²) in [6.07, 6.45) is 0. The van der Waals surface area contributed by atoms with Crippen molar-refractivity contribution in [2.24, 2.45) is 0 Å². The number of hydrogen-bond acceptors (Lipinski definition) is 8. The van der Waals surface area contributed by atoms with Crippen LogP contribution in [0.4, 0.5) is 5.82 Å². The van der Waals surface area contributed by atoms with Crippen molar-refractivity contribution in [1.29, 1.82) is 0 Å². The van der Waals surface area contributed by atoms with Crippen LogP contribution < -0.4 is 4.90 Å². The van der Waals surface area contributed by atoms with Crippen molar-refractivity contribution in [3.63, 3.8) is 0 Å². The summed E-state index contributed by atoms with van der Waals surface area (Å²) in [5, 5.41) is 0.764. The van der Waals surface area contributed by atoms with E-state index in [2.05, 4.69) is 28.7 Å². The molecule has 0 bridgehead atoms. The first-order valence-electron chi connectivity index (χ1n) is 12.1. The molecule has 2 saturated heterocycles. The van der Waals surface area contributed by atoms with Crippen LogP contribution in [0.1, 0.15) is 28.5 Å². The predicted molar refractivity (Wildman–Crippen MR) is 136 cm³/mol. The second kappa shape index (κ2) is 12.0. The summed E-state index contributed by atoms with van der Waals surface area (Å²) in [6, 6.07) is 10.0. The smallest absolute Gasteiger partial charge is 0.253 e. The van der Waals surface area contributed by atoms with Gasteiger partial charge in [-0.3, -0.25) is 4.79 Å². The van der Waals surface area contributed by atoms with Crippen molar-refractivity contribution >= 4 is 23.5 Å². The Labute approximate surface area is 207 Å². The third-order valence-corrected chi connectivity index (χ3v) is 7.46. The number of piperazine rings is 2. The van der Waals surface area contributed by atoms with Crippen LogP contribution in [0.3, 0.4) is 0 Å². The average Bonchev–Trinajstić information content (AvgIpc) is 2.88. The molecule has 1 aromatic heterocycles. The van der Waals surface area contributed by atoms with Crippen molar-refractivity contribution in [2.45, 2.75) is 24.4 Å². The fraction of sp³-hybridized carbons (Fsp3) is 0.560. The van der Waals surface area contributed by atoms with E-state index in [0.717, 1.165) is 92.5 Å². The lowest BCUT2D eigenvalue weighted by Gasteiger charge is -2.34. The highest BCUT2D eigenvalue weighted by Gasteiger charge is 2.21. The first-order valence-corrected chi connectivity index (χ1v) is 13.1. The van der Waals surface area contributed by atoms with Gasteiger partial charge >= 0.3 is 0 Å². The van der Waals surface area contributed by atoms with Gasteiger partial charge in [-0.05, 0) is 31.3 Å². The lowest BCUT2D eigenvalue weighted by Crippen LogP contribution is -2.47. The van der Waals surface area contributed by atoms with Crippen LogP contribution in [0.15, 0.2) is 35.5 Å². The molecule has 3 heterocycles. The van der Waals surface area contributed by atoms with Gasteiger partial charge in [-0.25, -0.2) is 9.97 Å². The summed E-state index contributed by atoms with van der Waals surface area (Å²) in [5.41, 5.74) is 2.81. The van der Waals surface area contributed by atoms with Crippen LogP contribution in [0.2, 0.25) is 0 Å². The van der Waals surface area contributed by atoms with Gasteiger partial charge in [0.15, 0.2) is 5.16 Å². The van der Waals surface area contributed by atoms with Crippen LogP contribution in [0.5, 0.6) is 0 Å². The first-order chi connectivity index (χ1) is 16.6. The summed E-state index contributed by atoms with van der Waals surface area (Å²) in [4.78, 5) is 31.3. The number of nitrogens with zero attached hydrogens (tertiary/aromatic N) is 6. The van der Waals surface area contributed by atoms with Gasteiger partial charge in [0.1, 0.15) is 5.82 Å². The molecule has 1 amide bonds. The van der Waals surface area contributed by atoms with Gasteiger partial charge in [0, 0.05) is 76.9 Å². The van der Waals surface area contributed by atoms with Gasteiger partial charge in [0.2, 0.25) is 0 Å². The Balaban J connectivity index is 1.38. The first kappa shape index (κ1) is 24.9. The number of aromatic nitrogens is 2. The van der Waals surface area contributed by atoms with Crippen molar-refractivity contribution in [2.75, 3.05) is 78.0 Å². The summed E-state index contributed by atoms with van der Waals surface area (Å²) in [6.45, 7) is 11.3. The van der Waals surface area contributed by atoms with Crippen LogP contribution >= 0.6 is 11.8 Å². The summed E-state index contributed by atoms with van der Waals surface area (Å²) in [5.74, 6) is 1.85. The minimum Gasteiger partial charge on any atom is -0.378 e. The summed E-state index contributed by atoms with van der Waals surface area (Å²) < 4.78 is 5.35. The topological polar surface area (TPSA) is 65.0 Å². The standard InChI is InChI=1S/C25H36N6O2S/c1-4-29-11-15-30(16-12-29)23-17-22(18-33-3)26-25(27-23)34-19-20-5-7-21(8-6-20)24(32)31-13-9-28(2)10-14-31/h5-8,17H,4,9-16,18-19H2,1-3H3. The van der Waals surface area contributed by atoms with E-state index in [9.17, 15) is 4.79 Å². The molecular formula is C25H36N6O2S. The molecule has 2 fully saturated rings. The molecular weight excluding hydrogens is 448 g/mol. The minimum atomic E-state index is 0.121. The number of carbonyl (C=O) groups excluding carboxylic acids is 1. The second-order valence-electron chi connectivity index (χ2n) is 8.94. The fourth-order valence-corrected chi connectivity index (χ4v) is 5.11. The van der Waals surface area contributed by atoms with Crippen LogP contribution in [0.25, 0.3) is 0 Å². The zero-order valence-corrected chi connectivity index (χ0v) is 21.4. The highest BCUT2D eigenvalue weighted by atomic mass is 32.2. The monoisotopic (exact) mass is 484 g/mol. The van der Waals surface area contributed by atoms with Gasteiger partial charge in [-0.15, -0.1) is 0 Å². The Bertz CT molecular complexity index is 941. The molecule has 0 N–H and O–H groups in total. The van der Waals surface area contributed by atoms with Gasteiger partial charge < -0.3 is 24.3 Å². The lowest BCUT2D eigenvalue weighted by molar-refractivity contribution is 0.0664. The maximum absolute atomic E-state index is 12.8. The summed E-state index contributed by atoms with van der Waals surface area (Å²) in [7, 11) is 3.79. The van der Waals surface area contributed by atoms with Gasteiger partial charge in [0.05, 0.1) is 12.3 Å². The molecule has 4 rings (SSSR count). The Morgan fingerprint density at radius 1 is 1.00 bits per heavy atom. The number of hydrogen-bond donors (Lipinski definition) is 0. The normalized spacial score (nSPS) is 17.9. The number of ether oxygens (including phenoxy) is 1. The Kier molecular flexibility index (Phi) is 8.77. The lowest BCUT2D eigenvalue weighted by atomic mass is 10.1. The molecule has 8 nitrogen and oxygen atoms in total. The van der Waals surface area contributed by atoms with Crippen molar-refractivity contribution in [3.8, 4) is 0 Å². The maximum Gasteiger partial charge on any atom is 0.253 e.